The van der Waals surface area contributed by atoms with Gasteiger partial charge in [0.05, 0.1) is 17.7 Å². The Morgan fingerprint density at radius 3 is 2.39 bits per heavy atom. The minimum absolute atomic E-state index is 0.0557. The molecule has 0 amide bonds. The number of benzene rings is 1. The number of carboxylic acid groups (broad SMARTS) is 1. The Morgan fingerprint density at radius 1 is 1.39 bits per heavy atom. The number of carboxylic acids is 1. The Morgan fingerprint density at radius 2 is 1.94 bits per heavy atom. The van der Waals surface area contributed by atoms with E-state index in [1.807, 2.05) is 0 Å². The Kier molecular flexibility index (Phi) is 4.57. The highest BCUT2D eigenvalue weighted by molar-refractivity contribution is 7.89. The van der Waals surface area contributed by atoms with Gasteiger partial charge in [0.25, 0.3) is 10.0 Å². The van der Waals surface area contributed by atoms with Crippen molar-refractivity contribution in [2.75, 3.05) is 14.2 Å². The van der Waals surface area contributed by atoms with Crippen LogP contribution in [0.4, 0.5) is 0 Å². The highest BCUT2D eigenvalue weighted by Gasteiger charge is 2.27. The number of carbonyl (C=O) groups is 1. The Hall–Kier alpha value is -0.860. The Balaban J connectivity index is 3.57. The SMILES string of the molecule is CON(C)S(=O)(=O)c1cc(Cl)cc(C(=O)O)c1Cl. The van der Waals surface area contributed by atoms with Gasteiger partial charge in [-0.3, -0.25) is 4.84 Å². The Labute approximate surface area is 114 Å². The third-order valence-corrected chi connectivity index (χ3v) is 4.55. The molecule has 0 aliphatic heterocycles. The van der Waals surface area contributed by atoms with Crippen molar-refractivity contribution in [2.45, 2.75) is 4.90 Å². The highest BCUT2D eigenvalue weighted by Crippen LogP contribution is 2.31. The van der Waals surface area contributed by atoms with E-state index in [1.54, 1.807) is 0 Å². The van der Waals surface area contributed by atoms with E-state index >= 15 is 0 Å². The molecule has 0 aliphatic rings. The van der Waals surface area contributed by atoms with Gasteiger partial charge in [0, 0.05) is 12.1 Å². The molecule has 1 rings (SSSR count). The van der Waals surface area contributed by atoms with Crippen LogP contribution in [0.15, 0.2) is 17.0 Å². The lowest BCUT2D eigenvalue weighted by Gasteiger charge is -2.16. The molecular formula is C9H9Cl2NO5S. The molecule has 0 radical (unpaired) electrons. The first-order chi connectivity index (χ1) is 8.21. The van der Waals surface area contributed by atoms with Crippen LogP contribution in [0.2, 0.25) is 10.0 Å². The van der Waals surface area contributed by atoms with Crippen LogP contribution in [0.3, 0.4) is 0 Å². The van der Waals surface area contributed by atoms with Crippen LogP contribution >= 0.6 is 23.2 Å². The molecule has 0 aromatic heterocycles. The molecule has 100 valence electrons. The first kappa shape index (κ1) is 15.2. The fourth-order valence-corrected chi connectivity index (χ4v) is 3.00. The number of halogens is 2. The molecule has 0 atom stereocenters. The van der Waals surface area contributed by atoms with Crippen LogP contribution < -0.4 is 0 Å². The zero-order valence-corrected chi connectivity index (χ0v) is 11.7. The predicted molar refractivity (Wildman–Crippen MR) is 65.4 cm³/mol. The normalized spacial score (nSPS) is 11.8. The van der Waals surface area contributed by atoms with Crippen LogP contribution in [0.25, 0.3) is 0 Å². The van der Waals surface area contributed by atoms with Crippen LogP contribution in [-0.4, -0.2) is 38.1 Å². The molecule has 0 aliphatic carbocycles. The zero-order chi connectivity index (χ0) is 14.1. The van der Waals surface area contributed by atoms with Crippen LogP contribution in [0.5, 0.6) is 0 Å². The van der Waals surface area contributed by atoms with Crippen molar-refractivity contribution in [3.63, 3.8) is 0 Å². The smallest absolute Gasteiger partial charge is 0.337 e. The highest BCUT2D eigenvalue weighted by atomic mass is 35.5. The first-order valence-electron chi connectivity index (χ1n) is 4.47. The van der Waals surface area contributed by atoms with Gasteiger partial charge >= 0.3 is 5.97 Å². The minimum Gasteiger partial charge on any atom is -0.478 e. The van der Waals surface area contributed by atoms with Crippen molar-refractivity contribution in [1.82, 2.24) is 4.47 Å². The molecule has 0 saturated carbocycles. The topological polar surface area (TPSA) is 83.9 Å². The molecule has 1 N–H and O–H groups in total. The summed E-state index contributed by atoms with van der Waals surface area (Å²) in [6.45, 7) is 0. The van der Waals surface area contributed by atoms with Gasteiger partial charge in [0.2, 0.25) is 0 Å². The van der Waals surface area contributed by atoms with E-state index in [9.17, 15) is 13.2 Å². The number of hydrogen-bond acceptors (Lipinski definition) is 4. The maximum Gasteiger partial charge on any atom is 0.337 e. The lowest BCUT2D eigenvalue weighted by Crippen LogP contribution is -2.26. The standard InChI is InChI=1S/C9H9Cl2NO5S/c1-12(17-2)18(15,16)7-4-5(10)3-6(8(7)11)9(13)14/h3-4H,1-2H3,(H,13,14). The van der Waals surface area contributed by atoms with E-state index in [0.29, 0.717) is 4.47 Å². The van der Waals surface area contributed by atoms with Crippen molar-refractivity contribution in [1.29, 1.82) is 0 Å². The van der Waals surface area contributed by atoms with Gasteiger partial charge in [0.1, 0.15) is 4.90 Å². The van der Waals surface area contributed by atoms with E-state index in [0.717, 1.165) is 26.3 Å². The first-order valence-corrected chi connectivity index (χ1v) is 6.66. The third kappa shape index (κ3) is 2.76. The number of hydrogen-bond donors (Lipinski definition) is 1. The molecule has 1 aromatic rings. The number of aromatic carboxylic acids is 1. The summed E-state index contributed by atoms with van der Waals surface area (Å²) in [6, 6.07) is 2.12. The molecule has 18 heavy (non-hydrogen) atoms. The minimum atomic E-state index is -4.07. The van der Waals surface area contributed by atoms with Gasteiger partial charge in [-0.1, -0.05) is 27.7 Å². The average molecular weight is 314 g/mol. The molecule has 1 aromatic carbocycles. The molecular weight excluding hydrogens is 305 g/mol. The van der Waals surface area contributed by atoms with Crippen molar-refractivity contribution in [3.8, 4) is 0 Å². The number of sulfonamides is 1. The average Bonchev–Trinajstić information content (AvgIpc) is 2.29. The fourth-order valence-electron chi connectivity index (χ4n) is 1.14. The van der Waals surface area contributed by atoms with Gasteiger partial charge in [-0.25, -0.2) is 13.2 Å². The van der Waals surface area contributed by atoms with Crippen LogP contribution in [-0.2, 0) is 14.9 Å². The van der Waals surface area contributed by atoms with Crippen LogP contribution in [0.1, 0.15) is 10.4 Å². The summed E-state index contributed by atoms with van der Waals surface area (Å²) < 4.78 is 24.5. The number of hydroxylamine groups is 1. The van der Waals surface area contributed by atoms with E-state index in [4.69, 9.17) is 28.3 Å². The van der Waals surface area contributed by atoms with Crippen molar-refractivity contribution in [2.24, 2.45) is 0 Å². The summed E-state index contributed by atoms with van der Waals surface area (Å²) in [6.07, 6.45) is 0. The van der Waals surface area contributed by atoms with Gasteiger partial charge in [-0.05, 0) is 12.1 Å². The van der Waals surface area contributed by atoms with E-state index < -0.39 is 31.5 Å². The molecule has 9 heteroatoms. The molecule has 6 nitrogen and oxygen atoms in total. The molecule has 0 bridgehead atoms. The van der Waals surface area contributed by atoms with Gasteiger partial charge in [0.15, 0.2) is 0 Å². The van der Waals surface area contributed by atoms with E-state index in [2.05, 4.69) is 4.84 Å². The van der Waals surface area contributed by atoms with Crippen LogP contribution in [0, 0.1) is 0 Å². The van der Waals surface area contributed by atoms with Crippen molar-refractivity contribution in [3.05, 3.63) is 27.7 Å². The molecule has 0 unspecified atom stereocenters. The predicted octanol–water partition coefficient (Wildman–Crippen LogP) is 1.87. The number of nitrogens with zero attached hydrogens (tertiary/aromatic N) is 1. The largest absolute Gasteiger partial charge is 0.478 e. The third-order valence-electron chi connectivity index (χ3n) is 2.11. The van der Waals surface area contributed by atoms with E-state index in [1.165, 1.54) is 0 Å². The summed E-state index contributed by atoms with van der Waals surface area (Å²) in [7, 11) is -1.77. The Bertz CT molecular complexity index is 587. The number of rotatable bonds is 4. The second-order valence-electron chi connectivity index (χ2n) is 3.17. The van der Waals surface area contributed by atoms with Crippen molar-refractivity contribution < 1.29 is 23.2 Å². The van der Waals surface area contributed by atoms with Gasteiger partial charge in [-0.15, -0.1) is 0 Å². The maximum absolute atomic E-state index is 12.0. The fraction of sp³-hybridized carbons (Fsp3) is 0.222. The quantitative estimate of drug-likeness (QED) is 0.858. The monoisotopic (exact) mass is 313 g/mol. The molecule has 0 fully saturated rings. The molecule has 0 heterocycles. The molecule has 0 saturated heterocycles. The maximum atomic E-state index is 12.0. The summed E-state index contributed by atoms with van der Waals surface area (Å²) in [5, 5.41) is 8.42. The summed E-state index contributed by atoms with van der Waals surface area (Å²) in [5.74, 6) is -1.38. The summed E-state index contributed by atoms with van der Waals surface area (Å²) in [5.41, 5.74) is -0.396. The van der Waals surface area contributed by atoms with Crippen molar-refractivity contribution >= 4 is 39.2 Å². The second kappa shape index (κ2) is 5.41. The second-order valence-corrected chi connectivity index (χ2v) is 5.89. The van der Waals surface area contributed by atoms with Gasteiger partial charge < -0.3 is 5.11 Å². The zero-order valence-electron chi connectivity index (χ0n) is 9.35. The summed E-state index contributed by atoms with van der Waals surface area (Å²) >= 11 is 11.4. The molecule has 0 spiro atoms. The lowest BCUT2D eigenvalue weighted by atomic mass is 10.2. The summed E-state index contributed by atoms with van der Waals surface area (Å²) in [4.78, 5) is 15.0. The van der Waals surface area contributed by atoms with Gasteiger partial charge in [-0.2, -0.15) is 0 Å². The lowest BCUT2D eigenvalue weighted by molar-refractivity contribution is -0.0258. The van der Waals surface area contributed by atoms with E-state index in [-0.39, 0.29) is 5.02 Å².